The molecular weight excluding hydrogens is 284 g/mol. The molecule has 3 rings (SSSR count). The van der Waals surface area contributed by atoms with E-state index in [4.69, 9.17) is 23.8 Å². The largest absolute Gasteiger partial charge is 0.331 e. The second-order valence-corrected chi connectivity index (χ2v) is 5.80. The Balaban J connectivity index is 2.25. The van der Waals surface area contributed by atoms with Crippen molar-refractivity contribution in [1.82, 2.24) is 9.55 Å². The lowest BCUT2D eigenvalue weighted by molar-refractivity contribution is 0.651. The summed E-state index contributed by atoms with van der Waals surface area (Å²) >= 11 is 13.2. The van der Waals surface area contributed by atoms with Crippen LogP contribution in [0.5, 0.6) is 0 Å². The van der Waals surface area contributed by atoms with E-state index in [1.165, 1.54) is 5.56 Å². The van der Waals surface area contributed by atoms with E-state index >= 15 is 0 Å². The number of nitrogens with one attached hydrogen (secondary N) is 1. The lowest BCUT2D eigenvalue weighted by Crippen LogP contribution is -2.05. The summed E-state index contributed by atoms with van der Waals surface area (Å²) < 4.78 is 2.84. The number of benzene rings is 1. The zero-order valence-electron chi connectivity index (χ0n) is 9.68. The van der Waals surface area contributed by atoms with Crippen LogP contribution in [-0.4, -0.2) is 9.55 Å². The van der Waals surface area contributed by atoms with Crippen molar-refractivity contribution in [3.8, 4) is 0 Å². The first-order valence-electron chi connectivity index (χ1n) is 5.58. The second kappa shape index (κ2) is 4.53. The highest BCUT2D eigenvalue weighted by Crippen LogP contribution is 2.27. The van der Waals surface area contributed by atoms with Gasteiger partial charge >= 0.3 is 0 Å². The van der Waals surface area contributed by atoms with E-state index in [1.54, 1.807) is 11.3 Å². The highest BCUT2D eigenvalue weighted by Gasteiger charge is 2.13. The van der Waals surface area contributed by atoms with Crippen LogP contribution < -0.4 is 0 Å². The molecule has 2 heterocycles. The van der Waals surface area contributed by atoms with Gasteiger partial charge in [-0.05, 0) is 59.7 Å². The number of H-pyrrole nitrogens is 1. The van der Waals surface area contributed by atoms with E-state index in [9.17, 15) is 0 Å². The Kier molecular flexibility index (Phi) is 3.01. The van der Waals surface area contributed by atoms with E-state index in [0.717, 1.165) is 20.8 Å². The Labute approximate surface area is 119 Å². The molecule has 0 saturated carbocycles. The van der Waals surface area contributed by atoms with Crippen molar-refractivity contribution >= 4 is 46.2 Å². The maximum absolute atomic E-state index is 6.07. The van der Waals surface area contributed by atoms with Gasteiger partial charge in [0.05, 0.1) is 17.1 Å². The van der Waals surface area contributed by atoms with Gasteiger partial charge in [0.2, 0.25) is 0 Å². The molecule has 0 aliphatic carbocycles. The van der Waals surface area contributed by atoms with Gasteiger partial charge in [-0.3, -0.25) is 0 Å². The van der Waals surface area contributed by atoms with Crippen molar-refractivity contribution in [1.29, 1.82) is 0 Å². The summed E-state index contributed by atoms with van der Waals surface area (Å²) in [4.78, 5) is 3.22. The highest BCUT2D eigenvalue weighted by molar-refractivity contribution is 7.71. The molecule has 0 saturated heterocycles. The van der Waals surface area contributed by atoms with Crippen LogP contribution in [0.2, 0.25) is 5.02 Å². The smallest absolute Gasteiger partial charge is 0.178 e. The first-order valence-corrected chi connectivity index (χ1v) is 7.31. The molecule has 5 heteroatoms. The van der Waals surface area contributed by atoms with Crippen molar-refractivity contribution in [2.45, 2.75) is 13.0 Å². The molecule has 0 radical (unpaired) electrons. The summed E-state index contributed by atoms with van der Waals surface area (Å²) in [6.07, 6.45) is 0. The fourth-order valence-electron chi connectivity index (χ4n) is 2.14. The van der Waals surface area contributed by atoms with Gasteiger partial charge < -0.3 is 9.55 Å². The molecular formula is C13H11ClN2S2. The number of hydrogen-bond acceptors (Lipinski definition) is 2. The van der Waals surface area contributed by atoms with Crippen LogP contribution in [0.1, 0.15) is 18.5 Å². The maximum atomic E-state index is 6.07. The average molecular weight is 295 g/mol. The Morgan fingerprint density at radius 1 is 1.39 bits per heavy atom. The molecule has 18 heavy (non-hydrogen) atoms. The zero-order chi connectivity index (χ0) is 12.7. The molecule has 1 aromatic carbocycles. The van der Waals surface area contributed by atoms with Crippen LogP contribution in [0.25, 0.3) is 11.0 Å². The molecule has 2 nitrogen and oxygen atoms in total. The minimum Gasteiger partial charge on any atom is -0.331 e. The van der Waals surface area contributed by atoms with Gasteiger partial charge in [0.25, 0.3) is 0 Å². The standard InChI is InChI=1S/C13H11ClN2S2/c1-8(9-4-5-18-7-9)16-12-6-10(14)2-3-11(12)15-13(16)17/h2-8H,1H3,(H,15,17). The first-order chi connectivity index (χ1) is 8.66. The quantitative estimate of drug-likeness (QED) is 0.658. The number of rotatable bonds is 2. The van der Waals surface area contributed by atoms with Gasteiger partial charge in [0.15, 0.2) is 4.77 Å². The predicted molar refractivity (Wildman–Crippen MR) is 80.3 cm³/mol. The number of nitrogens with zero attached hydrogens (tertiary/aromatic N) is 1. The van der Waals surface area contributed by atoms with Crippen molar-refractivity contribution < 1.29 is 0 Å². The average Bonchev–Trinajstić information content (AvgIpc) is 2.94. The lowest BCUT2D eigenvalue weighted by atomic mass is 10.2. The Bertz CT molecular complexity index is 740. The van der Waals surface area contributed by atoms with Gasteiger partial charge in [0.1, 0.15) is 0 Å². The molecule has 0 aliphatic rings. The second-order valence-electron chi connectivity index (χ2n) is 4.19. The van der Waals surface area contributed by atoms with Crippen LogP contribution in [0.15, 0.2) is 35.0 Å². The number of aromatic amines is 1. The van der Waals surface area contributed by atoms with Crippen molar-refractivity contribution in [2.24, 2.45) is 0 Å². The monoisotopic (exact) mass is 294 g/mol. The minimum atomic E-state index is 0.205. The third kappa shape index (κ3) is 1.90. The number of imidazole rings is 1. The molecule has 0 aliphatic heterocycles. The summed E-state index contributed by atoms with van der Waals surface area (Å²) in [5.74, 6) is 0. The van der Waals surface area contributed by atoms with Crippen LogP contribution in [-0.2, 0) is 0 Å². The van der Waals surface area contributed by atoms with Gasteiger partial charge in [-0.25, -0.2) is 0 Å². The predicted octanol–water partition coefficient (Wildman–Crippen LogP) is 5.02. The topological polar surface area (TPSA) is 20.7 Å². The zero-order valence-corrected chi connectivity index (χ0v) is 12.1. The van der Waals surface area contributed by atoms with Gasteiger partial charge in [0, 0.05) is 5.02 Å². The van der Waals surface area contributed by atoms with Crippen LogP contribution >= 0.6 is 35.2 Å². The normalized spacial score (nSPS) is 13.0. The number of halogens is 1. The third-order valence-electron chi connectivity index (χ3n) is 3.09. The number of hydrogen-bond donors (Lipinski definition) is 1. The summed E-state index contributed by atoms with van der Waals surface area (Å²) in [5.41, 5.74) is 3.33. The fourth-order valence-corrected chi connectivity index (χ4v) is 3.42. The van der Waals surface area contributed by atoms with Crippen LogP contribution in [0, 0.1) is 4.77 Å². The lowest BCUT2D eigenvalue weighted by Gasteiger charge is -2.13. The number of thiophene rings is 1. The molecule has 0 spiro atoms. The Hall–Kier alpha value is -1.10. The van der Waals surface area contributed by atoms with E-state index in [2.05, 4.69) is 33.3 Å². The highest BCUT2D eigenvalue weighted by atomic mass is 35.5. The maximum Gasteiger partial charge on any atom is 0.178 e. The van der Waals surface area contributed by atoms with Gasteiger partial charge in [-0.1, -0.05) is 11.6 Å². The van der Waals surface area contributed by atoms with Gasteiger partial charge in [-0.2, -0.15) is 11.3 Å². The van der Waals surface area contributed by atoms with Gasteiger partial charge in [-0.15, -0.1) is 0 Å². The van der Waals surface area contributed by atoms with E-state index < -0.39 is 0 Å². The molecule has 0 bridgehead atoms. The Morgan fingerprint density at radius 3 is 2.94 bits per heavy atom. The first kappa shape index (κ1) is 12.0. The van der Waals surface area contributed by atoms with Crippen molar-refractivity contribution in [3.63, 3.8) is 0 Å². The van der Waals surface area contributed by atoms with Crippen molar-refractivity contribution in [3.05, 3.63) is 50.4 Å². The van der Waals surface area contributed by atoms with E-state index in [0.29, 0.717) is 0 Å². The van der Waals surface area contributed by atoms with Crippen LogP contribution in [0.3, 0.4) is 0 Å². The summed E-state index contributed by atoms with van der Waals surface area (Å²) in [5, 5.41) is 4.95. The summed E-state index contributed by atoms with van der Waals surface area (Å²) in [6, 6.07) is 8.11. The molecule has 92 valence electrons. The number of aromatic nitrogens is 2. The van der Waals surface area contributed by atoms with Crippen LogP contribution in [0.4, 0.5) is 0 Å². The van der Waals surface area contributed by atoms with Crippen molar-refractivity contribution in [2.75, 3.05) is 0 Å². The molecule has 1 N–H and O–H groups in total. The fraction of sp³-hybridized carbons (Fsp3) is 0.154. The van der Waals surface area contributed by atoms with E-state index in [1.807, 2.05) is 18.2 Å². The summed E-state index contributed by atoms with van der Waals surface area (Å²) in [6.45, 7) is 2.14. The molecule has 1 atom stereocenters. The summed E-state index contributed by atoms with van der Waals surface area (Å²) in [7, 11) is 0. The van der Waals surface area contributed by atoms with E-state index in [-0.39, 0.29) is 6.04 Å². The molecule has 2 aromatic heterocycles. The molecule has 3 aromatic rings. The number of fused-ring (bicyclic) bond motifs is 1. The molecule has 0 amide bonds. The third-order valence-corrected chi connectivity index (χ3v) is 4.33. The minimum absolute atomic E-state index is 0.205. The Morgan fingerprint density at radius 2 is 2.22 bits per heavy atom. The molecule has 0 fully saturated rings. The molecule has 1 unspecified atom stereocenters. The SMILES string of the molecule is CC(c1ccsc1)n1c(=S)[nH]c2ccc(Cl)cc21.